The molecule has 1 atom stereocenters. The van der Waals surface area contributed by atoms with Crippen molar-refractivity contribution in [2.45, 2.75) is 57.5 Å². The summed E-state index contributed by atoms with van der Waals surface area (Å²) >= 11 is 0. The summed E-state index contributed by atoms with van der Waals surface area (Å²) in [5.41, 5.74) is -0.00836. The number of nitrogens with zero attached hydrogens (tertiary/aromatic N) is 2. The predicted octanol–water partition coefficient (Wildman–Crippen LogP) is 3.67. The SMILES string of the molecule is CN(CCCCN1C(=O)CC2(CCCC2)CC1=O)CC1COc2ccccc2O1.Cl. The minimum Gasteiger partial charge on any atom is -0.486 e. The molecule has 30 heavy (non-hydrogen) atoms. The maximum atomic E-state index is 12.5. The molecule has 2 aliphatic heterocycles. The van der Waals surface area contributed by atoms with Crippen LogP contribution in [0.3, 0.4) is 0 Å². The number of hydrogen-bond donors (Lipinski definition) is 0. The number of para-hydroxylation sites is 2. The van der Waals surface area contributed by atoms with E-state index < -0.39 is 0 Å². The molecule has 0 bridgehead atoms. The molecule has 0 aromatic heterocycles. The number of likely N-dealkylation sites (N-methyl/N-ethyl adjacent to an activating group) is 1. The summed E-state index contributed by atoms with van der Waals surface area (Å²) in [5.74, 6) is 1.70. The quantitative estimate of drug-likeness (QED) is 0.482. The first-order valence-electron chi connectivity index (χ1n) is 10.9. The van der Waals surface area contributed by atoms with Crippen molar-refractivity contribution in [2.24, 2.45) is 5.41 Å². The first-order valence-corrected chi connectivity index (χ1v) is 10.9. The average molecular weight is 437 g/mol. The highest BCUT2D eigenvalue weighted by Crippen LogP contribution is 2.46. The van der Waals surface area contributed by atoms with E-state index >= 15 is 0 Å². The number of imide groups is 1. The number of halogens is 1. The molecule has 6 nitrogen and oxygen atoms in total. The van der Waals surface area contributed by atoms with E-state index in [0.717, 1.165) is 63.1 Å². The molecule has 7 heteroatoms. The monoisotopic (exact) mass is 436 g/mol. The van der Waals surface area contributed by atoms with E-state index in [-0.39, 0.29) is 35.7 Å². The molecule has 0 N–H and O–H groups in total. The predicted molar refractivity (Wildman–Crippen MR) is 117 cm³/mol. The average Bonchev–Trinajstić information content (AvgIpc) is 3.14. The van der Waals surface area contributed by atoms with Crippen LogP contribution in [0.15, 0.2) is 24.3 Å². The van der Waals surface area contributed by atoms with Gasteiger partial charge >= 0.3 is 0 Å². The van der Waals surface area contributed by atoms with Crippen molar-refractivity contribution >= 4 is 24.2 Å². The largest absolute Gasteiger partial charge is 0.486 e. The van der Waals surface area contributed by atoms with Gasteiger partial charge in [0, 0.05) is 25.9 Å². The number of unbranched alkanes of at least 4 members (excludes halogenated alkanes) is 1. The highest BCUT2D eigenvalue weighted by Gasteiger charge is 2.44. The fourth-order valence-corrected chi connectivity index (χ4v) is 5.01. The minimum atomic E-state index is -0.00836. The van der Waals surface area contributed by atoms with Gasteiger partial charge in [-0.25, -0.2) is 0 Å². The topological polar surface area (TPSA) is 59.1 Å². The van der Waals surface area contributed by atoms with Gasteiger partial charge in [-0.1, -0.05) is 25.0 Å². The van der Waals surface area contributed by atoms with Crippen molar-refractivity contribution in [3.8, 4) is 11.5 Å². The maximum absolute atomic E-state index is 12.5. The summed E-state index contributed by atoms with van der Waals surface area (Å²) in [6, 6.07) is 7.75. The first kappa shape index (κ1) is 22.9. The Balaban J connectivity index is 0.00000256. The molecule has 166 valence electrons. The second kappa shape index (κ2) is 10.0. The van der Waals surface area contributed by atoms with Gasteiger partial charge in [0.15, 0.2) is 11.5 Å². The van der Waals surface area contributed by atoms with E-state index in [1.165, 1.54) is 4.90 Å². The number of hydrogen-bond acceptors (Lipinski definition) is 5. The van der Waals surface area contributed by atoms with Crippen molar-refractivity contribution in [2.75, 3.05) is 33.3 Å². The molecule has 1 unspecified atom stereocenters. The molecule has 3 aliphatic rings. The van der Waals surface area contributed by atoms with E-state index in [1.54, 1.807) is 0 Å². The van der Waals surface area contributed by atoms with Crippen LogP contribution in [0, 0.1) is 5.41 Å². The highest BCUT2D eigenvalue weighted by molar-refractivity contribution is 5.98. The molecule has 1 saturated carbocycles. The number of piperidine rings is 1. The Hall–Kier alpha value is -1.79. The summed E-state index contributed by atoms with van der Waals surface area (Å²) in [7, 11) is 2.07. The number of benzene rings is 1. The van der Waals surface area contributed by atoms with Gasteiger partial charge in [0.25, 0.3) is 0 Å². The molecule has 1 aliphatic carbocycles. The Labute approximate surface area is 185 Å². The van der Waals surface area contributed by atoms with Gasteiger partial charge in [0.2, 0.25) is 11.8 Å². The fourth-order valence-electron chi connectivity index (χ4n) is 5.01. The standard InChI is InChI=1S/C23H32N2O4.ClH/c1-24(16-18-17-28-19-8-2-3-9-20(19)29-18)12-6-7-13-25-21(26)14-23(15-22(25)27)10-4-5-11-23;/h2-3,8-9,18H,4-7,10-17H2,1H3;1H. The Kier molecular flexibility index (Phi) is 7.64. The lowest BCUT2D eigenvalue weighted by atomic mass is 9.76. The molecule has 4 rings (SSSR count). The summed E-state index contributed by atoms with van der Waals surface area (Å²) < 4.78 is 11.8. The van der Waals surface area contributed by atoms with E-state index in [1.807, 2.05) is 24.3 Å². The molecule has 2 heterocycles. The van der Waals surface area contributed by atoms with E-state index in [4.69, 9.17) is 9.47 Å². The van der Waals surface area contributed by atoms with Gasteiger partial charge < -0.3 is 14.4 Å². The number of amides is 2. The number of likely N-dealkylation sites (tertiary alicyclic amines) is 1. The second-order valence-corrected chi connectivity index (χ2v) is 8.97. The van der Waals surface area contributed by atoms with Crippen molar-refractivity contribution in [1.82, 2.24) is 9.80 Å². The van der Waals surface area contributed by atoms with Crippen LogP contribution in [0.2, 0.25) is 0 Å². The third kappa shape index (κ3) is 5.27. The molecule has 1 saturated heterocycles. The smallest absolute Gasteiger partial charge is 0.229 e. The minimum absolute atomic E-state index is 0. The molecule has 2 fully saturated rings. The Morgan fingerprint density at radius 3 is 2.43 bits per heavy atom. The number of carbonyl (C=O) groups excluding carboxylic acids is 2. The molecule has 0 radical (unpaired) electrons. The zero-order valence-electron chi connectivity index (χ0n) is 17.8. The summed E-state index contributed by atoms with van der Waals surface area (Å²) in [6.07, 6.45) is 7.35. The van der Waals surface area contributed by atoms with Gasteiger partial charge in [0.05, 0.1) is 0 Å². The van der Waals surface area contributed by atoms with Crippen LogP contribution in [0.1, 0.15) is 51.4 Å². The zero-order chi connectivity index (χ0) is 20.3. The van der Waals surface area contributed by atoms with E-state index in [9.17, 15) is 9.59 Å². The van der Waals surface area contributed by atoms with Crippen LogP contribution in [0.25, 0.3) is 0 Å². The van der Waals surface area contributed by atoms with E-state index in [0.29, 0.717) is 26.0 Å². The summed E-state index contributed by atoms with van der Waals surface area (Å²) in [6.45, 7) is 2.80. The Morgan fingerprint density at radius 1 is 1.07 bits per heavy atom. The lowest BCUT2D eigenvalue weighted by Gasteiger charge is -2.37. The lowest BCUT2D eigenvalue weighted by molar-refractivity contribution is -0.153. The van der Waals surface area contributed by atoms with Crippen LogP contribution in [-0.4, -0.2) is 61.0 Å². The van der Waals surface area contributed by atoms with Crippen molar-refractivity contribution < 1.29 is 19.1 Å². The van der Waals surface area contributed by atoms with Crippen LogP contribution in [0.5, 0.6) is 11.5 Å². The molecule has 1 aromatic rings. The zero-order valence-corrected chi connectivity index (χ0v) is 18.6. The van der Waals surface area contributed by atoms with E-state index in [2.05, 4.69) is 11.9 Å². The van der Waals surface area contributed by atoms with Crippen LogP contribution >= 0.6 is 12.4 Å². The Bertz CT molecular complexity index is 730. The van der Waals surface area contributed by atoms with Gasteiger partial charge in [-0.2, -0.15) is 0 Å². The fraction of sp³-hybridized carbons (Fsp3) is 0.652. The molecule has 2 amide bonds. The third-order valence-corrected chi connectivity index (χ3v) is 6.57. The number of ether oxygens (including phenoxy) is 2. The van der Waals surface area contributed by atoms with Crippen LogP contribution in [-0.2, 0) is 9.59 Å². The third-order valence-electron chi connectivity index (χ3n) is 6.57. The molecular weight excluding hydrogens is 404 g/mol. The van der Waals surface area contributed by atoms with Crippen molar-refractivity contribution in [1.29, 1.82) is 0 Å². The van der Waals surface area contributed by atoms with Gasteiger partial charge in [-0.05, 0) is 56.8 Å². The Morgan fingerprint density at radius 2 is 1.73 bits per heavy atom. The number of fused-ring (bicyclic) bond motifs is 1. The molecule has 1 spiro atoms. The molecule has 1 aromatic carbocycles. The summed E-state index contributed by atoms with van der Waals surface area (Å²) in [4.78, 5) is 28.8. The lowest BCUT2D eigenvalue weighted by Crippen LogP contribution is -2.47. The van der Waals surface area contributed by atoms with Crippen LogP contribution in [0.4, 0.5) is 0 Å². The highest BCUT2D eigenvalue weighted by atomic mass is 35.5. The van der Waals surface area contributed by atoms with Crippen molar-refractivity contribution in [3.05, 3.63) is 24.3 Å². The number of carbonyl (C=O) groups is 2. The van der Waals surface area contributed by atoms with Gasteiger partial charge in [-0.3, -0.25) is 14.5 Å². The van der Waals surface area contributed by atoms with Crippen LogP contribution < -0.4 is 9.47 Å². The first-order chi connectivity index (χ1) is 14.0. The molecular formula is C23H33ClN2O4. The number of rotatable bonds is 7. The van der Waals surface area contributed by atoms with Gasteiger partial charge in [-0.15, -0.1) is 12.4 Å². The summed E-state index contributed by atoms with van der Waals surface area (Å²) in [5, 5.41) is 0. The maximum Gasteiger partial charge on any atom is 0.229 e. The van der Waals surface area contributed by atoms with Crippen molar-refractivity contribution in [3.63, 3.8) is 0 Å². The van der Waals surface area contributed by atoms with Gasteiger partial charge in [0.1, 0.15) is 12.7 Å². The second-order valence-electron chi connectivity index (χ2n) is 8.97. The normalized spacial score (nSPS) is 22.5.